The molecule has 1 aromatic heterocycles. The summed E-state index contributed by atoms with van der Waals surface area (Å²) >= 11 is 0. The molecular formula is C17H15N3O2. The zero-order chi connectivity index (χ0) is 15.5. The van der Waals surface area contributed by atoms with Crippen LogP contribution in [0.15, 0.2) is 48.5 Å². The van der Waals surface area contributed by atoms with Crippen molar-refractivity contribution in [1.29, 1.82) is 0 Å². The first kappa shape index (κ1) is 14.0. The van der Waals surface area contributed by atoms with Crippen LogP contribution < -0.4 is 10.1 Å². The number of nitrogens with one attached hydrogen (secondary N) is 1. The van der Waals surface area contributed by atoms with Crippen LogP contribution in [0.5, 0.6) is 5.75 Å². The van der Waals surface area contributed by atoms with Crippen molar-refractivity contribution in [2.24, 2.45) is 0 Å². The van der Waals surface area contributed by atoms with Gasteiger partial charge in [-0.25, -0.2) is 9.97 Å². The van der Waals surface area contributed by atoms with Crippen LogP contribution in [0.3, 0.4) is 0 Å². The first-order valence-electron chi connectivity index (χ1n) is 6.87. The number of carbonyl (C=O) groups is 1. The van der Waals surface area contributed by atoms with Gasteiger partial charge in [-0.15, -0.1) is 0 Å². The summed E-state index contributed by atoms with van der Waals surface area (Å²) in [7, 11) is 1.56. The largest absolute Gasteiger partial charge is 0.495 e. The number of carbonyl (C=O) groups excluding carboxylic acids is 1. The fourth-order valence-corrected chi connectivity index (χ4v) is 2.30. The maximum atomic E-state index is 12.6. The lowest BCUT2D eigenvalue weighted by atomic mass is 10.1. The standard InChI is InChI=1S/C17H15N3O2/c1-11-18-13-8-4-3-7-12(13)16(19-11)17(21)20-14-9-5-6-10-15(14)22-2/h3-10H,1-2H3,(H,20,21). The Bertz CT molecular complexity index is 846. The van der Waals surface area contributed by atoms with Gasteiger partial charge in [0.15, 0.2) is 0 Å². The lowest BCUT2D eigenvalue weighted by Gasteiger charge is -2.11. The minimum Gasteiger partial charge on any atom is -0.495 e. The molecule has 0 bridgehead atoms. The average molecular weight is 293 g/mol. The average Bonchev–Trinajstić information content (AvgIpc) is 2.54. The number of benzene rings is 2. The number of nitrogens with zero attached hydrogens (tertiary/aromatic N) is 2. The van der Waals surface area contributed by atoms with Crippen molar-refractivity contribution in [1.82, 2.24) is 9.97 Å². The van der Waals surface area contributed by atoms with Crippen LogP contribution in [-0.2, 0) is 0 Å². The molecule has 1 heterocycles. The number of hydrogen-bond acceptors (Lipinski definition) is 4. The van der Waals surface area contributed by atoms with E-state index in [1.165, 1.54) is 0 Å². The van der Waals surface area contributed by atoms with Crippen molar-refractivity contribution >= 4 is 22.5 Å². The molecule has 0 aliphatic carbocycles. The Hall–Kier alpha value is -2.95. The highest BCUT2D eigenvalue weighted by Crippen LogP contribution is 2.24. The molecule has 0 saturated carbocycles. The monoisotopic (exact) mass is 293 g/mol. The minimum absolute atomic E-state index is 0.286. The molecule has 0 radical (unpaired) electrons. The first-order chi connectivity index (χ1) is 10.7. The quantitative estimate of drug-likeness (QED) is 0.805. The Morgan fingerprint density at radius 1 is 1.05 bits per heavy atom. The second-order valence-electron chi connectivity index (χ2n) is 4.79. The summed E-state index contributed by atoms with van der Waals surface area (Å²) < 4.78 is 5.25. The van der Waals surface area contributed by atoms with Gasteiger partial charge in [0.25, 0.3) is 5.91 Å². The molecule has 3 rings (SSSR count). The highest BCUT2D eigenvalue weighted by atomic mass is 16.5. The molecule has 0 spiro atoms. The number of aromatic nitrogens is 2. The Labute approximate surface area is 128 Å². The summed E-state index contributed by atoms with van der Waals surface area (Å²) in [4.78, 5) is 21.2. The van der Waals surface area contributed by atoms with Crippen molar-refractivity contribution in [2.75, 3.05) is 12.4 Å². The maximum absolute atomic E-state index is 12.6. The molecule has 0 fully saturated rings. The fourth-order valence-electron chi connectivity index (χ4n) is 2.30. The van der Waals surface area contributed by atoms with Gasteiger partial charge in [0.2, 0.25) is 0 Å². The Balaban J connectivity index is 2.02. The van der Waals surface area contributed by atoms with E-state index in [9.17, 15) is 4.79 Å². The van der Waals surface area contributed by atoms with Crippen molar-refractivity contribution in [3.05, 3.63) is 60.0 Å². The minimum atomic E-state index is -0.286. The van der Waals surface area contributed by atoms with Crippen LogP contribution in [0.4, 0.5) is 5.69 Å². The normalized spacial score (nSPS) is 10.5. The van der Waals surface area contributed by atoms with Crippen LogP contribution in [-0.4, -0.2) is 23.0 Å². The summed E-state index contributed by atoms with van der Waals surface area (Å²) in [6.07, 6.45) is 0. The number of methoxy groups -OCH3 is 1. The van der Waals surface area contributed by atoms with E-state index in [1.807, 2.05) is 36.4 Å². The summed E-state index contributed by atoms with van der Waals surface area (Å²) in [6.45, 7) is 1.77. The zero-order valence-electron chi connectivity index (χ0n) is 12.3. The number of hydrogen-bond donors (Lipinski definition) is 1. The van der Waals surface area contributed by atoms with Crippen LogP contribution in [0.25, 0.3) is 10.9 Å². The molecule has 3 aromatic rings. The third-order valence-corrected chi connectivity index (χ3v) is 3.29. The number of rotatable bonds is 3. The van der Waals surface area contributed by atoms with Gasteiger partial charge in [-0.3, -0.25) is 4.79 Å². The molecule has 0 aliphatic rings. The van der Waals surface area contributed by atoms with Gasteiger partial charge >= 0.3 is 0 Å². The molecule has 5 nitrogen and oxygen atoms in total. The van der Waals surface area contributed by atoms with Gasteiger partial charge in [-0.1, -0.05) is 30.3 Å². The van der Waals surface area contributed by atoms with E-state index in [-0.39, 0.29) is 5.91 Å². The van der Waals surface area contributed by atoms with Gasteiger partial charge in [-0.2, -0.15) is 0 Å². The maximum Gasteiger partial charge on any atom is 0.275 e. The third kappa shape index (κ3) is 2.61. The number of ether oxygens (including phenoxy) is 1. The summed E-state index contributed by atoms with van der Waals surface area (Å²) in [5.41, 5.74) is 1.71. The summed E-state index contributed by atoms with van der Waals surface area (Å²) in [5, 5.41) is 3.57. The molecule has 22 heavy (non-hydrogen) atoms. The van der Waals surface area contributed by atoms with E-state index in [2.05, 4.69) is 15.3 Å². The van der Waals surface area contributed by atoms with Crippen LogP contribution in [0.1, 0.15) is 16.3 Å². The van der Waals surface area contributed by atoms with E-state index in [0.29, 0.717) is 23.0 Å². The van der Waals surface area contributed by atoms with Crippen molar-refractivity contribution < 1.29 is 9.53 Å². The smallest absolute Gasteiger partial charge is 0.275 e. The lowest BCUT2D eigenvalue weighted by Crippen LogP contribution is -2.16. The summed E-state index contributed by atoms with van der Waals surface area (Å²) in [6, 6.07) is 14.7. The van der Waals surface area contributed by atoms with E-state index < -0.39 is 0 Å². The first-order valence-corrected chi connectivity index (χ1v) is 6.87. The van der Waals surface area contributed by atoms with Gasteiger partial charge in [0.1, 0.15) is 17.3 Å². The van der Waals surface area contributed by atoms with E-state index in [4.69, 9.17) is 4.74 Å². The molecule has 1 amide bonds. The van der Waals surface area contributed by atoms with Crippen LogP contribution >= 0.6 is 0 Å². The number of fused-ring (bicyclic) bond motifs is 1. The number of amides is 1. The van der Waals surface area contributed by atoms with E-state index in [1.54, 1.807) is 26.2 Å². The number of para-hydroxylation sites is 3. The molecule has 2 aromatic carbocycles. The van der Waals surface area contributed by atoms with Crippen molar-refractivity contribution in [3.63, 3.8) is 0 Å². The zero-order valence-corrected chi connectivity index (χ0v) is 12.3. The predicted octanol–water partition coefficient (Wildman–Crippen LogP) is 3.20. The number of anilines is 1. The molecule has 5 heteroatoms. The summed E-state index contributed by atoms with van der Waals surface area (Å²) in [5.74, 6) is 0.876. The second kappa shape index (κ2) is 5.81. The van der Waals surface area contributed by atoms with Crippen LogP contribution in [0.2, 0.25) is 0 Å². The molecule has 1 N–H and O–H groups in total. The van der Waals surface area contributed by atoms with Gasteiger partial charge < -0.3 is 10.1 Å². The Morgan fingerprint density at radius 2 is 1.77 bits per heavy atom. The third-order valence-electron chi connectivity index (χ3n) is 3.29. The van der Waals surface area contributed by atoms with E-state index >= 15 is 0 Å². The topological polar surface area (TPSA) is 64.1 Å². The van der Waals surface area contributed by atoms with Crippen LogP contribution in [0, 0.1) is 6.92 Å². The molecule has 0 saturated heterocycles. The highest BCUT2D eigenvalue weighted by Gasteiger charge is 2.15. The SMILES string of the molecule is COc1ccccc1NC(=O)c1nc(C)nc2ccccc12. The Morgan fingerprint density at radius 3 is 2.59 bits per heavy atom. The van der Waals surface area contributed by atoms with Crippen molar-refractivity contribution in [3.8, 4) is 5.75 Å². The van der Waals surface area contributed by atoms with Gasteiger partial charge in [0.05, 0.1) is 18.3 Å². The van der Waals surface area contributed by atoms with Crippen molar-refractivity contribution in [2.45, 2.75) is 6.92 Å². The molecule has 0 atom stereocenters. The number of aryl methyl sites for hydroxylation is 1. The fraction of sp³-hybridized carbons (Fsp3) is 0.118. The molecule has 0 unspecified atom stereocenters. The predicted molar refractivity (Wildman–Crippen MR) is 85.2 cm³/mol. The van der Waals surface area contributed by atoms with Gasteiger partial charge in [-0.05, 0) is 25.1 Å². The molecule has 110 valence electrons. The Kier molecular flexibility index (Phi) is 3.70. The lowest BCUT2D eigenvalue weighted by molar-refractivity contribution is 0.102. The van der Waals surface area contributed by atoms with Gasteiger partial charge in [0, 0.05) is 5.39 Å². The molecule has 0 aliphatic heterocycles. The van der Waals surface area contributed by atoms with E-state index in [0.717, 1.165) is 10.9 Å². The molecular weight excluding hydrogens is 278 g/mol. The second-order valence-corrected chi connectivity index (χ2v) is 4.79. The highest BCUT2D eigenvalue weighted by molar-refractivity contribution is 6.11.